The van der Waals surface area contributed by atoms with E-state index >= 15 is 0 Å². The summed E-state index contributed by atoms with van der Waals surface area (Å²) in [7, 11) is 0. The van der Waals surface area contributed by atoms with Crippen molar-refractivity contribution in [2.24, 2.45) is 0 Å². The maximum atomic E-state index is 4.48. The van der Waals surface area contributed by atoms with Crippen molar-refractivity contribution in [3.63, 3.8) is 0 Å². The van der Waals surface area contributed by atoms with Gasteiger partial charge in [-0.25, -0.2) is 9.97 Å². The molecule has 4 nitrogen and oxygen atoms in total. The van der Waals surface area contributed by atoms with E-state index in [1.54, 1.807) is 6.33 Å². The summed E-state index contributed by atoms with van der Waals surface area (Å²) in [6.07, 6.45) is 7.15. The van der Waals surface area contributed by atoms with Crippen LogP contribution in [-0.2, 0) is 6.42 Å². The molecule has 2 heterocycles. The minimum atomic E-state index is 0.330. The predicted molar refractivity (Wildman–Crippen MR) is 89.1 cm³/mol. The second kappa shape index (κ2) is 5.13. The largest absolute Gasteiger partial charge is 0.363 e. The fourth-order valence-corrected chi connectivity index (χ4v) is 3.48. The minimum absolute atomic E-state index is 0.330. The first kappa shape index (κ1) is 13.3. The van der Waals surface area contributed by atoms with E-state index < -0.39 is 0 Å². The van der Waals surface area contributed by atoms with Gasteiger partial charge in [0, 0.05) is 6.20 Å². The van der Waals surface area contributed by atoms with Gasteiger partial charge in [0.05, 0.1) is 11.4 Å². The first-order valence-electron chi connectivity index (χ1n) is 7.87. The van der Waals surface area contributed by atoms with Gasteiger partial charge in [-0.3, -0.25) is 0 Å². The van der Waals surface area contributed by atoms with Crippen molar-refractivity contribution in [3.8, 4) is 0 Å². The van der Waals surface area contributed by atoms with Crippen LogP contribution in [0.3, 0.4) is 0 Å². The molecule has 1 unspecified atom stereocenters. The van der Waals surface area contributed by atoms with Crippen LogP contribution >= 0.6 is 0 Å². The predicted octanol–water partition coefficient (Wildman–Crippen LogP) is 4.06. The Morgan fingerprint density at radius 2 is 2.14 bits per heavy atom. The van der Waals surface area contributed by atoms with Crippen molar-refractivity contribution in [1.29, 1.82) is 0 Å². The molecule has 0 spiro atoms. The Bertz CT molecular complexity index is 834. The SMILES string of the molecule is Cc1ccc2c(c1)CCCC2Nc1ncnc2[nH]cc(C)c12. The number of aryl methyl sites for hydroxylation is 3. The highest BCUT2D eigenvalue weighted by Crippen LogP contribution is 2.34. The van der Waals surface area contributed by atoms with Gasteiger partial charge in [0.2, 0.25) is 0 Å². The fourth-order valence-electron chi connectivity index (χ4n) is 3.48. The van der Waals surface area contributed by atoms with Gasteiger partial charge in [-0.2, -0.15) is 0 Å². The molecule has 112 valence electrons. The molecule has 0 amide bonds. The molecular weight excluding hydrogens is 272 g/mol. The maximum absolute atomic E-state index is 4.48. The number of nitrogens with one attached hydrogen (secondary N) is 2. The highest BCUT2D eigenvalue weighted by Gasteiger charge is 2.21. The number of fused-ring (bicyclic) bond motifs is 2. The Hall–Kier alpha value is -2.36. The number of aromatic amines is 1. The lowest BCUT2D eigenvalue weighted by molar-refractivity contribution is 0.598. The average Bonchev–Trinajstić information content (AvgIpc) is 2.90. The van der Waals surface area contributed by atoms with Crippen LogP contribution in [0.25, 0.3) is 11.0 Å². The number of benzene rings is 1. The number of H-pyrrole nitrogens is 1. The summed E-state index contributed by atoms with van der Waals surface area (Å²) in [5, 5.41) is 4.75. The van der Waals surface area contributed by atoms with Crippen LogP contribution in [0.4, 0.5) is 5.82 Å². The molecule has 0 radical (unpaired) electrons. The molecule has 1 aliphatic rings. The van der Waals surface area contributed by atoms with Gasteiger partial charge in [-0.1, -0.05) is 23.8 Å². The van der Waals surface area contributed by atoms with Crippen LogP contribution < -0.4 is 5.32 Å². The summed E-state index contributed by atoms with van der Waals surface area (Å²) in [5.74, 6) is 0.933. The Kier molecular flexibility index (Phi) is 3.10. The highest BCUT2D eigenvalue weighted by atomic mass is 15.1. The van der Waals surface area contributed by atoms with Gasteiger partial charge >= 0.3 is 0 Å². The second-order valence-electron chi connectivity index (χ2n) is 6.21. The van der Waals surface area contributed by atoms with Crippen LogP contribution in [0.1, 0.15) is 41.1 Å². The zero-order valence-corrected chi connectivity index (χ0v) is 13.0. The molecule has 0 saturated heterocycles. The first-order chi connectivity index (χ1) is 10.7. The highest BCUT2D eigenvalue weighted by molar-refractivity contribution is 5.90. The molecule has 22 heavy (non-hydrogen) atoms. The molecule has 4 heteroatoms. The molecule has 4 rings (SSSR count). The van der Waals surface area contributed by atoms with Crippen molar-refractivity contribution in [1.82, 2.24) is 15.0 Å². The van der Waals surface area contributed by atoms with Crippen LogP contribution in [0.15, 0.2) is 30.7 Å². The van der Waals surface area contributed by atoms with Gasteiger partial charge in [0.25, 0.3) is 0 Å². The Morgan fingerprint density at radius 1 is 1.23 bits per heavy atom. The summed E-state index contributed by atoms with van der Waals surface area (Å²) in [5.41, 5.74) is 6.30. The van der Waals surface area contributed by atoms with Gasteiger partial charge in [-0.05, 0) is 49.8 Å². The summed E-state index contributed by atoms with van der Waals surface area (Å²) >= 11 is 0. The van der Waals surface area contributed by atoms with E-state index in [1.807, 2.05) is 6.20 Å². The Balaban J connectivity index is 1.74. The third-order valence-electron chi connectivity index (χ3n) is 4.59. The van der Waals surface area contributed by atoms with E-state index in [-0.39, 0.29) is 0 Å². The van der Waals surface area contributed by atoms with E-state index in [0.717, 1.165) is 23.3 Å². The number of anilines is 1. The van der Waals surface area contributed by atoms with E-state index in [0.29, 0.717) is 6.04 Å². The number of aromatic nitrogens is 3. The maximum Gasteiger partial charge on any atom is 0.143 e. The van der Waals surface area contributed by atoms with Crippen molar-refractivity contribution in [3.05, 3.63) is 53.0 Å². The monoisotopic (exact) mass is 292 g/mol. The summed E-state index contributed by atoms with van der Waals surface area (Å²) < 4.78 is 0. The van der Waals surface area contributed by atoms with E-state index in [9.17, 15) is 0 Å². The number of rotatable bonds is 2. The normalized spacial score (nSPS) is 17.5. The topological polar surface area (TPSA) is 53.6 Å². The lowest BCUT2D eigenvalue weighted by Crippen LogP contribution is -2.18. The standard InChI is InChI=1S/C18H20N4/c1-11-6-7-14-13(8-11)4-3-5-15(14)22-18-16-12(2)9-19-17(16)20-10-21-18/h6-10,15H,3-5H2,1-2H3,(H2,19,20,21,22). The molecular formula is C18H20N4. The minimum Gasteiger partial charge on any atom is -0.363 e. The third-order valence-corrected chi connectivity index (χ3v) is 4.59. The quantitative estimate of drug-likeness (QED) is 0.748. The van der Waals surface area contributed by atoms with Crippen molar-refractivity contribution in [2.75, 3.05) is 5.32 Å². The summed E-state index contributed by atoms with van der Waals surface area (Å²) in [6.45, 7) is 4.25. The second-order valence-corrected chi connectivity index (χ2v) is 6.21. The van der Waals surface area contributed by atoms with Crippen LogP contribution in [0.5, 0.6) is 0 Å². The van der Waals surface area contributed by atoms with Crippen molar-refractivity contribution < 1.29 is 0 Å². The zero-order valence-electron chi connectivity index (χ0n) is 13.0. The molecule has 3 aromatic rings. The number of hydrogen-bond donors (Lipinski definition) is 2. The van der Waals surface area contributed by atoms with Crippen LogP contribution in [0, 0.1) is 13.8 Å². The van der Waals surface area contributed by atoms with Crippen LogP contribution in [0.2, 0.25) is 0 Å². The molecule has 2 aromatic heterocycles. The zero-order chi connectivity index (χ0) is 15.1. The lowest BCUT2D eigenvalue weighted by atomic mass is 9.86. The number of hydrogen-bond acceptors (Lipinski definition) is 3. The van der Waals surface area contributed by atoms with Gasteiger partial charge in [0.15, 0.2) is 0 Å². The first-order valence-corrected chi connectivity index (χ1v) is 7.87. The van der Waals surface area contributed by atoms with E-state index in [1.165, 1.54) is 35.1 Å². The summed E-state index contributed by atoms with van der Waals surface area (Å²) in [4.78, 5) is 12.0. The molecule has 1 atom stereocenters. The average molecular weight is 292 g/mol. The fraction of sp³-hybridized carbons (Fsp3) is 0.333. The van der Waals surface area contributed by atoms with E-state index in [2.05, 4.69) is 52.3 Å². The molecule has 0 bridgehead atoms. The van der Waals surface area contributed by atoms with E-state index in [4.69, 9.17) is 0 Å². The Labute approximate surface area is 130 Å². The van der Waals surface area contributed by atoms with Gasteiger partial charge < -0.3 is 10.3 Å². The summed E-state index contributed by atoms with van der Waals surface area (Å²) in [6, 6.07) is 7.12. The Morgan fingerprint density at radius 3 is 3.05 bits per heavy atom. The molecule has 0 aliphatic heterocycles. The van der Waals surface area contributed by atoms with Gasteiger partial charge in [-0.15, -0.1) is 0 Å². The van der Waals surface area contributed by atoms with Crippen molar-refractivity contribution in [2.45, 2.75) is 39.2 Å². The molecule has 1 aliphatic carbocycles. The molecule has 2 N–H and O–H groups in total. The van der Waals surface area contributed by atoms with Gasteiger partial charge in [0.1, 0.15) is 17.8 Å². The smallest absolute Gasteiger partial charge is 0.143 e. The molecule has 0 saturated carbocycles. The number of nitrogens with zero attached hydrogens (tertiary/aromatic N) is 2. The van der Waals surface area contributed by atoms with Crippen LogP contribution in [-0.4, -0.2) is 15.0 Å². The third kappa shape index (κ3) is 2.15. The molecule has 1 aromatic carbocycles. The molecule has 0 fully saturated rings. The van der Waals surface area contributed by atoms with Crippen molar-refractivity contribution >= 4 is 16.9 Å². The lowest BCUT2D eigenvalue weighted by Gasteiger charge is -2.27.